The Morgan fingerprint density at radius 1 is 1.09 bits per heavy atom. The molecule has 0 aliphatic carbocycles. The summed E-state index contributed by atoms with van der Waals surface area (Å²) in [4.78, 5) is 28.5. The first-order valence-electron chi connectivity index (χ1n) is 12.0. The van der Waals surface area contributed by atoms with Gasteiger partial charge in [0.2, 0.25) is 11.8 Å². The summed E-state index contributed by atoms with van der Waals surface area (Å²) in [5.74, 6) is 0.205. The Hall–Kier alpha value is -2.31. The fraction of sp³-hybridized carbons (Fsp3) is 0.481. The standard InChI is InChI=1S/C27H35N3O2S/c1-33-24-9-7-21(8-10-24)19-27(16-12-26(32)29-27)15-11-25(31)28-23-13-17-30(18-14-23)20-22-5-3-2-4-6-22/h2-10,23H,11-20H2,1H3,(H,28,31)(H,29,32)/t27-/m0/s1. The molecule has 0 spiro atoms. The molecule has 2 aromatic rings. The van der Waals surface area contributed by atoms with E-state index in [0.29, 0.717) is 19.3 Å². The van der Waals surface area contributed by atoms with Crippen LogP contribution in [-0.2, 0) is 22.6 Å². The Morgan fingerprint density at radius 3 is 2.45 bits per heavy atom. The van der Waals surface area contributed by atoms with Crippen LogP contribution in [0.4, 0.5) is 0 Å². The number of benzene rings is 2. The largest absolute Gasteiger partial charge is 0.353 e. The van der Waals surface area contributed by atoms with Gasteiger partial charge < -0.3 is 10.6 Å². The van der Waals surface area contributed by atoms with Crippen molar-refractivity contribution in [3.8, 4) is 0 Å². The Bertz CT molecular complexity index is 926. The van der Waals surface area contributed by atoms with E-state index in [0.717, 1.165) is 45.3 Å². The van der Waals surface area contributed by atoms with Gasteiger partial charge in [0.25, 0.3) is 0 Å². The van der Waals surface area contributed by atoms with Crippen LogP contribution in [-0.4, -0.2) is 47.6 Å². The van der Waals surface area contributed by atoms with Crippen molar-refractivity contribution >= 4 is 23.6 Å². The van der Waals surface area contributed by atoms with Crippen LogP contribution in [0.25, 0.3) is 0 Å². The van der Waals surface area contributed by atoms with Gasteiger partial charge in [0.15, 0.2) is 0 Å². The number of piperidine rings is 1. The molecule has 176 valence electrons. The average Bonchev–Trinajstić information content (AvgIpc) is 3.20. The van der Waals surface area contributed by atoms with Crippen molar-refractivity contribution in [2.45, 2.75) is 68.0 Å². The molecule has 4 rings (SSSR count). The van der Waals surface area contributed by atoms with E-state index in [9.17, 15) is 9.59 Å². The van der Waals surface area contributed by atoms with Gasteiger partial charge >= 0.3 is 0 Å². The molecule has 0 unspecified atom stereocenters. The molecule has 2 heterocycles. The zero-order valence-corrected chi connectivity index (χ0v) is 20.3. The van der Waals surface area contributed by atoms with Gasteiger partial charge in [-0.05, 0) is 61.6 Å². The van der Waals surface area contributed by atoms with Crippen LogP contribution in [0, 0.1) is 0 Å². The number of rotatable bonds is 9. The van der Waals surface area contributed by atoms with E-state index in [4.69, 9.17) is 0 Å². The minimum absolute atomic E-state index is 0.0990. The van der Waals surface area contributed by atoms with E-state index in [1.165, 1.54) is 16.0 Å². The molecule has 2 fully saturated rings. The van der Waals surface area contributed by atoms with Crippen LogP contribution in [0.5, 0.6) is 0 Å². The lowest BCUT2D eigenvalue weighted by atomic mass is 9.85. The number of likely N-dealkylation sites (tertiary alicyclic amines) is 1. The van der Waals surface area contributed by atoms with E-state index in [1.54, 1.807) is 11.8 Å². The number of amides is 2. The van der Waals surface area contributed by atoms with Gasteiger partial charge in [-0.2, -0.15) is 0 Å². The van der Waals surface area contributed by atoms with Gasteiger partial charge in [0.1, 0.15) is 0 Å². The van der Waals surface area contributed by atoms with Crippen LogP contribution < -0.4 is 10.6 Å². The van der Waals surface area contributed by atoms with Crippen molar-refractivity contribution in [2.75, 3.05) is 19.3 Å². The number of thioether (sulfide) groups is 1. The Balaban J connectivity index is 1.24. The van der Waals surface area contributed by atoms with Gasteiger partial charge in [-0.1, -0.05) is 42.5 Å². The van der Waals surface area contributed by atoms with Gasteiger partial charge in [0.05, 0.1) is 0 Å². The minimum Gasteiger partial charge on any atom is -0.353 e. The number of nitrogens with one attached hydrogen (secondary N) is 2. The molecule has 0 saturated carbocycles. The van der Waals surface area contributed by atoms with Gasteiger partial charge in [-0.25, -0.2) is 0 Å². The van der Waals surface area contributed by atoms with E-state index in [-0.39, 0.29) is 23.4 Å². The molecule has 2 amide bonds. The Kier molecular flexibility index (Phi) is 8.10. The topological polar surface area (TPSA) is 61.4 Å². The van der Waals surface area contributed by atoms with Crippen molar-refractivity contribution in [1.29, 1.82) is 0 Å². The smallest absolute Gasteiger partial charge is 0.220 e. The van der Waals surface area contributed by atoms with Crippen molar-refractivity contribution in [1.82, 2.24) is 15.5 Å². The summed E-state index contributed by atoms with van der Waals surface area (Å²) >= 11 is 1.72. The highest BCUT2D eigenvalue weighted by Crippen LogP contribution is 2.30. The second-order valence-electron chi connectivity index (χ2n) is 9.46. The first kappa shape index (κ1) is 23.8. The molecule has 6 heteroatoms. The second-order valence-corrected chi connectivity index (χ2v) is 10.3. The summed E-state index contributed by atoms with van der Waals surface area (Å²) < 4.78 is 0. The van der Waals surface area contributed by atoms with Crippen LogP contribution >= 0.6 is 11.8 Å². The zero-order valence-electron chi connectivity index (χ0n) is 19.5. The molecule has 5 nitrogen and oxygen atoms in total. The lowest BCUT2D eigenvalue weighted by Crippen LogP contribution is -2.47. The monoisotopic (exact) mass is 465 g/mol. The molecular formula is C27H35N3O2S. The molecule has 0 radical (unpaired) electrons. The van der Waals surface area contributed by atoms with Crippen LogP contribution in [0.1, 0.15) is 49.7 Å². The fourth-order valence-electron chi connectivity index (χ4n) is 5.05. The minimum atomic E-state index is -0.311. The van der Waals surface area contributed by atoms with Gasteiger partial charge in [-0.15, -0.1) is 11.8 Å². The highest BCUT2D eigenvalue weighted by atomic mass is 32.2. The number of carbonyl (C=O) groups excluding carboxylic acids is 2. The molecule has 0 bridgehead atoms. The van der Waals surface area contributed by atoms with Crippen LogP contribution in [0.3, 0.4) is 0 Å². The Labute approximate surface area is 201 Å². The third-order valence-electron chi connectivity index (χ3n) is 6.97. The van der Waals surface area contributed by atoms with Gasteiger partial charge in [0, 0.05) is 49.0 Å². The summed E-state index contributed by atoms with van der Waals surface area (Å²) in [7, 11) is 0. The molecule has 2 N–H and O–H groups in total. The Morgan fingerprint density at radius 2 is 1.82 bits per heavy atom. The van der Waals surface area contributed by atoms with E-state index < -0.39 is 0 Å². The molecule has 2 aliphatic heterocycles. The SMILES string of the molecule is CSc1ccc(C[C@]2(CCC(=O)NC3CCN(Cc4ccccc4)CC3)CCC(=O)N2)cc1. The first-order chi connectivity index (χ1) is 16.0. The van der Waals surface area contributed by atoms with Crippen molar-refractivity contribution in [3.05, 3.63) is 65.7 Å². The first-order valence-corrected chi connectivity index (χ1v) is 13.3. The average molecular weight is 466 g/mol. The predicted molar refractivity (Wildman–Crippen MR) is 134 cm³/mol. The summed E-state index contributed by atoms with van der Waals surface area (Å²) in [6.07, 6.45) is 7.29. The maximum atomic E-state index is 12.8. The molecule has 33 heavy (non-hydrogen) atoms. The normalized spacial score (nSPS) is 21.7. The molecule has 2 aliphatic rings. The zero-order chi connectivity index (χ0) is 23.1. The second kappa shape index (κ2) is 11.2. The molecule has 1 atom stereocenters. The quantitative estimate of drug-likeness (QED) is 0.546. The number of hydrogen-bond donors (Lipinski definition) is 2. The highest BCUT2D eigenvalue weighted by molar-refractivity contribution is 7.98. The van der Waals surface area contributed by atoms with E-state index in [1.807, 2.05) is 6.07 Å². The third-order valence-corrected chi connectivity index (χ3v) is 7.71. The highest BCUT2D eigenvalue weighted by Gasteiger charge is 2.38. The van der Waals surface area contributed by atoms with Crippen LogP contribution in [0.2, 0.25) is 0 Å². The van der Waals surface area contributed by atoms with Crippen LogP contribution in [0.15, 0.2) is 59.5 Å². The molecule has 0 aromatic heterocycles. The van der Waals surface area contributed by atoms with E-state index >= 15 is 0 Å². The summed E-state index contributed by atoms with van der Waals surface area (Å²) in [5, 5.41) is 6.46. The van der Waals surface area contributed by atoms with Crippen molar-refractivity contribution < 1.29 is 9.59 Å². The maximum Gasteiger partial charge on any atom is 0.220 e. The predicted octanol–water partition coefficient (Wildman–Crippen LogP) is 4.16. The lowest BCUT2D eigenvalue weighted by molar-refractivity contribution is -0.123. The maximum absolute atomic E-state index is 12.8. The number of nitrogens with zero attached hydrogens (tertiary/aromatic N) is 1. The molecule has 2 aromatic carbocycles. The summed E-state index contributed by atoms with van der Waals surface area (Å²) in [6.45, 7) is 2.99. The molecular weight excluding hydrogens is 430 g/mol. The number of hydrogen-bond acceptors (Lipinski definition) is 4. The van der Waals surface area contributed by atoms with Crippen molar-refractivity contribution in [3.63, 3.8) is 0 Å². The lowest BCUT2D eigenvalue weighted by Gasteiger charge is -2.33. The fourth-order valence-corrected chi connectivity index (χ4v) is 5.45. The summed E-state index contributed by atoms with van der Waals surface area (Å²) in [6, 6.07) is 19.3. The molecule has 2 saturated heterocycles. The van der Waals surface area contributed by atoms with Crippen molar-refractivity contribution in [2.24, 2.45) is 0 Å². The van der Waals surface area contributed by atoms with E-state index in [2.05, 4.69) is 70.3 Å². The van der Waals surface area contributed by atoms with Gasteiger partial charge in [-0.3, -0.25) is 14.5 Å². The summed E-state index contributed by atoms with van der Waals surface area (Å²) in [5.41, 5.74) is 2.24. The third kappa shape index (κ3) is 6.84. The number of carbonyl (C=O) groups is 2.